The molecule has 2 nitrogen and oxygen atoms in total. The number of hydrogen-bond donors (Lipinski definition) is 0. The van der Waals surface area contributed by atoms with Crippen LogP contribution in [-0.4, -0.2) is 9.78 Å². The zero-order valence-electron chi connectivity index (χ0n) is 9.62. The molecule has 0 atom stereocenters. The highest BCUT2D eigenvalue weighted by atomic mass is 19.1. The van der Waals surface area contributed by atoms with Crippen LogP contribution in [0.2, 0.25) is 0 Å². The van der Waals surface area contributed by atoms with Crippen molar-refractivity contribution in [2.45, 2.75) is 0 Å². The van der Waals surface area contributed by atoms with Crippen LogP contribution in [0.15, 0.2) is 67.0 Å². The number of nitrogens with zero attached hydrogens (tertiary/aromatic N) is 2. The molecule has 18 heavy (non-hydrogen) atoms. The van der Waals surface area contributed by atoms with E-state index in [1.54, 1.807) is 16.9 Å². The van der Waals surface area contributed by atoms with Crippen LogP contribution in [-0.2, 0) is 0 Å². The smallest absolute Gasteiger partial charge is 0.125 e. The summed E-state index contributed by atoms with van der Waals surface area (Å²) in [4.78, 5) is 0. The molecule has 0 saturated heterocycles. The van der Waals surface area contributed by atoms with E-state index in [1.807, 2.05) is 42.6 Å². The van der Waals surface area contributed by atoms with Gasteiger partial charge in [0.15, 0.2) is 0 Å². The molecule has 3 rings (SSSR count). The number of benzene rings is 2. The second-order valence-corrected chi connectivity index (χ2v) is 4.02. The molecule has 3 heteroatoms. The Morgan fingerprint density at radius 3 is 2.50 bits per heavy atom. The Labute approximate surface area is 104 Å². The Balaban J connectivity index is 2.00. The summed E-state index contributed by atoms with van der Waals surface area (Å²) in [7, 11) is 0. The van der Waals surface area contributed by atoms with Gasteiger partial charge in [-0.3, -0.25) is 0 Å². The molecule has 0 unspecified atom stereocenters. The number of halogens is 1. The fourth-order valence-electron chi connectivity index (χ4n) is 1.86. The highest BCUT2D eigenvalue weighted by Crippen LogP contribution is 2.19. The quantitative estimate of drug-likeness (QED) is 0.666. The van der Waals surface area contributed by atoms with Crippen LogP contribution in [0, 0.1) is 5.82 Å². The minimum atomic E-state index is -0.260. The normalized spacial score (nSPS) is 10.5. The summed E-state index contributed by atoms with van der Waals surface area (Å²) < 4.78 is 14.8. The summed E-state index contributed by atoms with van der Waals surface area (Å²) in [5.74, 6) is -0.260. The standard InChI is InChI=1S/C15H11FN2/c16-14-7-4-8-15(9-14)18-11-13(10-17-18)12-5-2-1-3-6-12/h1-11H. The van der Waals surface area contributed by atoms with Crippen LogP contribution in [0.1, 0.15) is 0 Å². The van der Waals surface area contributed by atoms with Gasteiger partial charge in [-0.05, 0) is 23.8 Å². The highest BCUT2D eigenvalue weighted by Gasteiger charge is 2.03. The Hall–Kier alpha value is -2.42. The maximum absolute atomic E-state index is 13.1. The Morgan fingerprint density at radius 1 is 0.889 bits per heavy atom. The van der Waals surface area contributed by atoms with Gasteiger partial charge in [0, 0.05) is 11.8 Å². The maximum atomic E-state index is 13.1. The van der Waals surface area contributed by atoms with Gasteiger partial charge in [-0.15, -0.1) is 0 Å². The third-order valence-corrected chi connectivity index (χ3v) is 2.76. The van der Waals surface area contributed by atoms with E-state index < -0.39 is 0 Å². The molecule has 88 valence electrons. The molecule has 0 saturated carbocycles. The minimum Gasteiger partial charge on any atom is -0.240 e. The predicted octanol–water partition coefficient (Wildman–Crippen LogP) is 3.68. The summed E-state index contributed by atoms with van der Waals surface area (Å²) in [6.07, 6.45) is 3.67. The van der Waals surface area contributed by atoms with Crippen LogP contribution >= 0.6 is 0 Å². The van der Waals surface area contributed by atoms with E-state index in [-0.39, 0.29) is 5.82 Å². The lowest BCUT2D eigenvalue weighted by Gasteiger charge is -2.00. The summed E-state index contributed by atoms with van der Waals surface area (Å²) in [6.45, 7) is 0. The Kier molecular flexibility index (Phi) is 2.65. The second-order valence-electron chi connectivity index (χ2n) is 4.02. The number of hydrogen-bond acceptors (Lipinski definition) is 1. The number of aromatic nitrogens is 2. The van der Waals surface area contributed by atoms with E-state index >= 15 is 0 Å². The van der Waals surface area contributed by atoms with Crippen molar-refractivity contribution in [3.05, 3.63) is 72.8 Å². The van der Waals surface area contributed by atoms with Gasteiger partial charge in [0.05, 0.1) is 11.9 Å². The summed E-state index contributed by atoms with van der Waals surface area (Å²) in [5.41, 5.74) is 2.83. The predicted molar refractivity (Wildman–Crippen MR) is 69.0 cm³/mol. The third kappa shape index (κ3) is 2.02. The lowest BCUT2D eigenvalue weighted by Crippen LogP contribution is -1.93. The molecule has 0 N–H and O–H groups in total. The van der Waals surface area contributed by atoms with Crippen LogP contribution in [0.25, 0.3) is 16.8 Å². The van der Waals surface area contributed by atoms with Crippen molar-refractivity contribution in [2.24, 2.45) is 0 Å². The number of rotatable bonds is 2. The van der Waals surface area contributed by atoms with E-state index in [0.29, 0.717) is 0 Å². The van der Waals surface area contributed by atoms with Crippen molar-refractivity contribution in [2.75, 3.05) is 0 Å². The van der Waals surface area contributed by atoms with Gasteiger partial charge in [0.25, 0.3) is 0 Å². The molecule has 0 radical (unpaired) electrons. The first-order valence-corrected chi connectivity index (χ1v) is 5.69. The van der Waals surface area contributed by atoms with Crippen molar-refractivity contribution in [3.8, 4) is 16.8 Å². The van der Waals surface area contributed by atoms with Crippen LogP contribution in [0.5, 0.6) is 0 Å². The Bertz CT molecular complexity index is 659. The first kappa shape index (κ1) is 10.7. The molecule has 2 aromatic carbocycles. The first-order chi connectivity index (χ1) is 8.83. The fourth-order valence-corrected chi connectivity index (χ4v) is 1.86. The first-order valence-electron chi connectivity index (χ1n) is 5.69. The molecule has 0 spiro atoms. The van der Waals surface area contributed by atoms with Crippen molar-refractivity contribution in [1.29, 1.82) is 0 Å². The lowest BCUT2D eigenvalue weighted by atomic mass is 10.1. The average molecular weight is 238 g/mol. The van der Waals surface area contributed by atoms with Gasteiger partial charge in [-0.2, -0.15) is 5.10 Å². The summed E-state index contributed by atoms with van der Waals surface area (Å²) >= 11 is 0. The molecule has 3 aromatic rings. The van der Waals surface area contributed by atoms with Crippen molar-refractivity contribution in [1.82, 2.24) is 9.78 Å². The van der Waals surface area contributed by atoms with Gasteiger partial charge in [0.2, 0.25) is 0 Å². The van der Waals surface area contributed by atoms with Crippen LogP contribution in [0.4, 0.5) is 4.39 Å². The van der Waals surface area contributed by atoms with Crippen molar-refractivity contribution in [3.63, 3.8) is 0 Å². The minimum absolute atomic E-state index is 0.260. The largest absolute Gasteiger partial charge is 0.240 e. The van der Waals surface area contributed by atoms with E-state index in [0.717, 1.165) is 16.8 Å². The molecule has 1 aromatic heterocycles. The SMILES string of the molecule is Fc1cccc(-n2cc(-c3ccccc3)cn2)c1. The van der Waals surface area contributed by atoms with E-state index in [9.17, 15) is 4.39 Å². The third-order valence-electron chi connectivity index (χ3n) is 2.76. The van der Waals surface area contributed by atoms with Crippen molar-refractivity contribution < 1.29 is 4.39 Å². The second kappa shape index (κ2) is 4.45. The molecule has 0 amide bonds. The highest BCUT2D eigenvalue weighted by molar-refractivity contribution is 5.61. The molecule has 1 heterocycles. The van der Waals surface area contributed by atoms with Crippen LogP contribution < -0.4 is 0 Å². The molecule has 0 aliphatic heterocycles. The molecule has 0 bridgehead atoms. The fraction of sp³-hybridized carbons (Fsp3) is 0. The van der Waals surface area contributed by atoms with Crippen molar-refractivity contribution >= 4 is 0 Å². The van der Waals surface area contributed by atoms with Gasteiger partial charge < -0.3 is 0 Å². The lowest BCUT2D eigenvalue weighted by molar-refractivity contribution is 0.625. The molecular weight excluding hydrogens is 227 g/mol. The van der Waals surface area contributed by atoms with Gasteiger partial charge in [0.1, 0.15) is 5.82 Å². The van der Waals surface area contributed by atoms with Gasteiger partial charge >= 0.3 is 0 Å². The topological polar surface area (TPSA) is 17.8 Å². The Morgan fingerprint density at radius 2 is 1.72 bits per heavy atom. The zero-order chi connectivity index (χ0) is 12.4. The van der Waals surface area contributed by atoms with Crippen LogP contribution in [0.3, 0.4) is 0 Å². The van der Waals surface area contributed by atoms with Gasteiger partial charge in [-0.1, -0.05) is 36.4 Å². The monoisotopic (exact) mass is 238 g/mol. The molecule has 0 aliphatic carbocycles. The molecular formula is C15H11FN2. The summed E-state index contributed by atoms with van der Waals surface area (Å²) in [6, 6.07) is 16.4. The summed E-state index contributed by atoms with van der Waals surface area (Å²) in [5, 5.41) is 4.25. The zero-order valence-corrected chi connectivity index (χ0v) is 9.62. The van der Waals surface area contributed by atoms with E-state index in [2.05, 4.69) is 5.10 Å². The maximum Gasteiger partial charge on any atom is 0.125 e. The average Bonchev–Trinajstić information content (AvgIpc) is 2.89. The van der Waals surface area contributed by atoms with E-state index in [1.165, 1.54) is 12.1 Å². The molecule has 0 aliphatic rings. The molecule has 0 fully saturated rings. The van der Waals surface area contributed by atoms with Gasteiger partial charge in [-0.25, -0.2) is 9.07 Å². The van der Waals surface area contributed by atoms with E-state index in [4.69, 9.17) is 0 Å².